The van der Waals surface area contributed by atoms with Gasteiger partial charge in [0.2, 0.25) is 0 Å². The number of rotatable bonds is 12. The topological polar surface area (TPSA) is 57.2 Å². The minimum atomic E-state index is -0.537. The highest BCUT2D eigenvalue weighted by atomic mass is 16.6. The third-order valence-electron chi connectivity index (χ3n) is 2.62. The first-order chi connectivity index (χ1) is 10.7. The Morgan fingerprint density at radius 1 is 1.05 bits per heavy atom. The van der Waals surface area contributed by atoms with Crippen molar-refractivity contribution in [3.63, 3.8) is 0 Å². The van der Waals surface area contributed by atoms with Crippen LogP contribution in [0.1, 0.15) is 0 Å². The van der Waals surface area contributed by atoms with Gasteiger partial charge in [0.1, 0.15) is 12.2 Å². The largest absolute Gasteiger partial charge is 0.459 e. The summed E-state index contributed by atoms with van der Waals surface area (Å²) in [5.74, 6) is 1.78. The molecule has 6 nitrogen and oxygen atoms in total. The van der Waals surface area contributed by atoms with Gasteiger partial charge in [-0.25, -0.2) is 4.79 Å². The first-order valence-corrected chi connectivity index (χ1v) is 6.92. The number of allylic oxidation sites excluding steroid dienone is 2. The van der Waals surface area contributed by atoms with Gasteiger partial charge in [-0.1, -0.05) is 5.92 Å². The molecule has 0 amide bonds. The van der Waals surface area contributed by atoms with E-state index in [0.717, 1.165) is 0 Å². The summed E-state index contributed by atoms with van der Waals surface area (Å²) < 4.78 is 19.8. The first-order valence-electron chi connectivity index (χ1n) is 6.92. The van der Waals surface area contributed by atoms with Crippen molar-refractivity contribution in [1.29, 1.82) is 0 Å². The summed E-state index contributed by atoms with van der Waals surface area (Å²) in [7, 11) is 4.82. The number of carbonyl (C=O) groups is 1. The van der Waals surface area contributed by atoms with E-state index in [2.05, 4.69) is 5.92 Å². The third-order valence-corrected chi connectivity index (χ3v) is 2.62. The van der Waals surface area contributed by atoms with E-state index < -0.39 is 5.97 Å². The van der Waals surface area contributed by atoms with Crippen molar-refractivity contribution in [2.75, 3.05) is 60.8 Å². The SMILES string of the molecule is C#CC(=CC=CN(CCOC)CCOC)C(=O)OCCOC. The van der Waals surface area contributed by atoms with E-state index in [9.17, 15) is 4.79 Å². The van der Waals surface area contributed by atoms with E-state index in [0.29, 0.717) is 32.9 Å². The quantitative estimate of drug-likeness (QED) is 0.175. The molecule has 0 aromatic rings. The van der Waals surface area contributed by atoms with Crippen molar-refractivity contribution in [3.05, 3.63) is 23.9 Å². The third kappa shape index (κ3) is 10.00. The second-order valence-electron chi connectivity index (χ2n) is 4.22. The van der Waals surface area contributed by atoms with Gasteiger partial charge in [-0.15, -0.1) is 6.42 Å². The molecule has 0 atom stereocenters. The van der Waals surface area contributed by atoms with Gasteiger partial charge in [-0.3, -0.25) is 0 Å². The molecule has 22 heavy (non-hydrogen) atoms. The Hall–Kier alpha value is -1.81. The van der Waals surface area contributed by atoms with Crippen molar-refractivity contribution in [2.45, 2.75) is 0 Å². The molecule has 0 heterocycles. The van der Waals surface area contributed by atoms with Crippen LogP contribution in [-0.4, -0.2) is 71.7 Å². The zero-order valence-corrected chi connectivity index (χ0v) is 13.5. The van der Waals surface area contributed by atoms with Gasteiger partial charge >= 0.3 is 5.97 Å². The smallest absolute Gasteiger partial charge is 0.346 e. The number of hydrogen-bond donors (Lipinski definition) is 0. The molecule has 0 aromatic carbocycles. The lowest BCUT2D eigenvalue weighted by Gasteiger charge is -2.19. The van der Waals surface area contributed by atoms with Gasteiger partial charge < -0.3 is 23.8 Å². The molecule has 0 spiro atoms. The fraction of sp³-hybridized carbons (Fsp3) is 0.562. The number of nitrogens with zero attached hydrogens (tertiary/aromatic N) is 1. The van der Waals surface area contributed by atoms with Crippen molar-refractivity contribution >= 4 is 5.97 Å². The Morgan fingerprint density at radius 3 is 2.14 bits per heavy atom. The fourth-order valence-electron chi connectivity index (χ4n) is 1.41. The number of ether oxygens (including phenoxy) is 4. The molecule has 0 fully saturated rings. The van der Waals surface area contributed by atoms with E-state index >= 15 is 0 Å². The highest BCUT2D eigenvalue weighted by molar-refractivity contribution is 5.93. The summed E-state index contributed by atoms with van der Waals surface area (Å²) in [6.07, 6.45) is 10.4. The van der Waals surface area contributed by atoms with Crippen LogP contribution in [0.15, 0.2) is 23.9 Å². The Morgan fingerprint density at radius 2 is 1.64 bits per heavy atom. The second kappa shape index (κ2) is 14.1. The maximum absolute atomic E-state index is 11.7. The number of hydrogen-bond acceptors (Lipinski definition) is 6. The van der Waals surface area contributed by atoms with Crippen LogP contribution in [-0.2, 0) is 23.7 Å². The van der Waals surface area contributed by atoms with Crippen LogP contribution in [0.4, 0.5) is 0 Å². The summed E-state index contributed by atoms with van der Waals surface area (Å²) in [6.45, 7) is 3.13. The number of methoxy groups -OCH3 is 3. The second-order valence-corrected chi connectivity index (χ2v) is 4.22. The molecule has 0 aliphatic heterocycles. The molecule has 6 heteroatoms. The van der Waals surface area contributed by atoms with Crippen molar-refractivity contribution < 1.29 is 23.7 Å². The predicted molar refractivity (Wildman–Crippen MR) is 84.2 cm³/mol. The summed E-state index contributed by atoms with van der Waals surface area (Å²) in [5, 5.41) is 0. The van der Waals surface area contributed by atoms with E-state index in [1.807, 2.05) is 11.1 Å². The molecule has 0 aromatic heterocycles. The zero-order valence-electron chi connectivity index (χ0n) is 13.5. The van der Waals surface area contributed by atoms with Gasteiger partial charge in [0.15, 0.2) is 0 Å². The van der Waals surface area contributed by atoms with Gasteiger partial charge in [0, 0.05) is 34.4 Å². The minimum absolute atomic E-state index is 0.158. The lowest BCUT2D eigenvalue weighted by molar-refractivity contribution is -0.139. The lowest BCUT2D eigenvalue weighted by Crippen LogP contribution is -2.25. The molecule has 124 valence electrons. The maximum atomic E-state index is 11.7. The average Bonchev–Trinajstić information content (AvgIpc) is 2.53. The summed E-state index contributed by atoms with van der Waals surface area (Å²) in [4.78, 5) is 13.7. The van der Waals surface area contributed by atoms with Crippen LogP contribution in [0.25, 0.3) is 0 Å². The highest BCUT2D eigenvalue weighted by Crippen LogP contribution is 1.99. The zero-order chi connectivity index (χ0) is 16.6. The monoisotopic (exact) mass is 311 g/mol. The number of carbonyl (C=O) groups excluding carboxylic acids is 1. The van der Waals surface area contributed by atoms with Crippen LogP contribution in [0.5, 0.6) is 0 Å². The average molecular weight is 311 g/mol. The van der Waals surface area contributed by atoms with Crippen LogP contribution in [0.2, 0.25) is 0 Å². The Bertz CT molecular complexity index is 390. The van der Waals surface area contributed by atoms with Crippen LogP contribution >= 0.6 is 0 Å². The Kier molecular flexibility index (Phi) is 13.0. The van der Waals surface area contributed by atoms with E-state index in [1.165, 1.54) is 7.11 Å². The van der Waals surface area contributed by atoms with Gasteiger partial charge in [0.25, 0.3) is 0 Å². The molecule has 0 N–H and O–H groups in total. The van der Waals surface area contributed by atoms with E-state index in [4.69, 9.17) is 25.4 Å². The molecule has 0 saturated carbocycles. The molecule has 0 unspecified atom stereocenters. The minimum Gasteiger partial charge on any atom is -0.459 e. The van der Waals surface area contributed by atoms with Crippen LogP contribution < -0.4 is 0 Å². The lowest BCUT2D eigenvalue weighted by atomic mass is 10.2. The number of terminal acetylenes is 1. The molecule has 0 aliphatic rings. The molecule has 0 saturated heterocycles. The van der Waals surface area contributed by atoms with Crippen molar-refractivity contribution in [3.8, 4) is 12.3 Å². The van der Waals surface area contributed by atoms with Gasteiger partial charge in [-0.05, 0) is 18.4 Å². The van der Waals surface area contributed by atoms with Gasteiger partial charge in [0.05, 0.1) is 19.8 Å². The molecular formula is C16H25NO5. The fourth-order valence-corrected chi connectivity index (χ4v) is 1.41. The predicted octanol–water partition coefficient (Wildman–Crippen LogP) is 0.844. The Labute approximate surface area is 132 Å². The molecule has 0 bridgehead atoms. The standard InChI is InChI=1S/C16H25NO5/c1-5-15(16(18)22-14-13-21-4)7-6-8-17(9-11-19-2)10-12-20-3/h1,6-8H,9-14H2,2-4H3. The van der Waals surface area contributed by atoms with Crippen LogP contribution in [0.3, 0.4) is 0 Å². The molecule has 0 radical (unpaired) electrons. The van der Waals surface area contributed by atoms with Gasteiger partial charge in [-0.2, -0.15) is 0 Å². The van der Waals surface area contributed by atoms with Crippen molar-refractivity contribution in [2.24, 2.45) is 0 Å². The van der Waals surface area contributed by atoms with E-state index in [-0.39, 0.29) is 12.2 Å². The van der Waals surface area contributed by atoms with Crippen LogP contribution in [0, 0.1) is 12.3 Å². The maximum Gasteiger partial charge on any atom is 0.346 e. The number of esters is 1. The summed E-state index contributed by atoms with van der Waals surface area (Å²) in [6, 6.07) is 0. The Balaban J connectivity index is 4.54. The first kappa shape index (κ1) is 20.2. The molecule has 0 aliphatic carbocycles. The highest BCUT2D eigenvalue weighted by Gasteiger charge is 2.07. The normalized spacial score (nSPS) is 11.5. The molecular weight excluding hydrogens is 286 g/mol. The summed E-state index contributed by atoms with van der Waals surface area (Å²) >= 11 is 0. The molecule has 0 rings (SSSR count). The van der Waals surface area contributed by atoms with E-state index in [1.54, 1.807) is 26.4 Å². The summed E-state index contributed by atoms with van der Waals surface area (Å²) in [5.41, 5.74) is 0.158. The van der Waals surface area contributed by atoms with Crippen molar-refractivity contribution in [1.82, 2.24) is 4.90 Å².